The minimum atomic E-state index is -0.146. The number of ether oxygens (including phenoxy) is 1. The average Bonchev–Trinajstić information content (AvgIpc) is 2.48. The first kappa shape index (κ1) is 15.5. The maximum absolute atomic E-state index is 13.4. The molecule has 0 radical (unpaired) electrons. The molecule has 2 nitrogen and oxygen atoms in total. The molecule has 0 saturated carbocycles. The first-order valence-corrected chi connectivity index (χ1v) is 7.39. The molecule has 2 aromatic rings. The number of benzene rings is 2. The molecule has 0 fully saturated rings. The van der Waals surface area contributed by atoms with Crippen LogP contribution in [0, 0.1) is 12.7 Å². The molecule has 0 aliphatic rings. The van der Waals surface area contributed by atoms with Crippen LogP contribution in [0.25, 0.3) is 0 Å². The third-order valence-electron chi connectivity index (χ3n) is 3.28. The van der Waals surface area contributed by atoms with Crippen molar-refractivity contribution in [1.29, 1.82) is 0 Å². The number of hydrogen-bond acceptors (Lipinski definition) is 2. The zero-order chi connectivity index (χ0) is 14.9. The van der Waals surface area contributed by atoms with E-state index in [1.807, 2.05) is 30.3 Å². The van der Waals surface area contributed by atoms with Crippen LogP contribution in [0.3, 0.4) is 0 Å². The van der Waals surface area contributed by atoms with E-state index in [0.29, 0.717) is 18.7 Å². The molecule has 21 heavy (non-hydrogen) atoms. The topological polar surface area (TPSA) is 21.3 Å². The Labute approximate surface area is 126 Å². The fraction of sp³-hybridized carbons (Fsp3) is 0.333. The zero-order valence-electron chi connectivity index (χ0n) is 12.4. The van der Waals surface area contributed by atoms with E-state index < -0.39 is 0 Å². The second-order valence-electron chi connectivity index (χ2n) is 5.14. The summed E-state index contributed by atoms with van der Waals surface area (Å²) in [5, 5.41) is 3.25. The Kier molecular flexibility index (Phi) is 6.22. The van der Waals surface area contributed by atoms with Crippen LogP contribution in [-0.2, 0) is 6.54 Å². The SMILES string of the molecule is Cc1cccc(OCCCCNCc2ccccc2F)c1. The molecule has 2 aromatic carbocycles. The van der Waals surface area contributed by atoms with Crippen molar-refractivity contribution in [2.75, 3.05) is 13.2 Å². The summed E-state index contributed by atoms with van der Waals surface area (Å²) in [5.74, 6) is 0.780. The summed E-state index contributed by atoms with van der Waals surface area (Å²) in [5.41, 5.74) is 1.92. The lowest BCUT2D eigenvalue weighted by molar-refractivity contribution is 0.305. The van der Waals surface area contributed by atoms with Gasteiger partial charge in [0.25, 0.3) is 0 Å². The Balaban J connectivity index is 1.55. The molecule has 0 aliphatic heterocycles. The van der Waals surface area contributed by atoms with E-state index in [1.165, 1.54) is 11.6 Å². The third kappa shape index (κ3) is 5.56. The predicted molar refractivity (Wildman–Crippen MR) is 84.0 cm³/mol. The van der Waals surface area contributed by atoms with E-state index in [2.05, 4.69) is 18.3 Å². The van der Waals surface area contributed by atoms with Crippen molar-refractivity contribution in [2.45, 2.75) is 26.3 Å². The molecule has 0 saturated heterocycles. The van der Waals surface area contributed by atoms with E-state index in [-0.39, 0.29) is 5.82 Å². The number of unbranched alkanes of at least 4 members (excludes halogenated alkanes) is 1. The molecular weight excluding hydrogens is 265 g/mol. The maximum atomic E-state index is 13.4. The van der Waals surface area contributed by atoms with Gasteiger partial charge in [-0.15, -0.1) is 0 Å². The number of aryl methyl sites for hydroxylation is 1. The number of rotatable bonds is 8. The molecular formula is C18H22FNO. The van der Waals surface area contributed by atoms with E-state index in [1.54, 1.807) is 6.07 Å². The highest BCUT2D eigenvalue weighted by molar-refractivity contribution is 5.27. The van der Waals surface area contributed by atoms with Crippen molar-refractivity contribution < 1.29 is 9.13 Å². The molecule has 1 N–H and O–H groups in total. The van der Waals surface area contributed by atoms with Crippen molar-refractivity contribution in [2.24, 2.45) is 0 Å². The summed E-state index contributed by atoms with van der Waals surface area (Å²) in [6.45, 7) is 4.21. The van der Waals surface area contributed by atoms with Gasteiger partial charge >= 0.3 is 0 Å². The number of halogens is 1. The van der Waals surface area contributed by atoms with E-state index >= 15 is 0 Å². The Bertz CT molecular complexity index is 556. The van der Waals surface area contributed by atoms with Gasteiger partial charge in [-0.2, -0.15) is 0 Å². The molecule has 0 amide bonds. The van der Waals surface area contributed by atoms with Crippen LogP contribution in [0.15, 0.2) is 48.5 Å². The Morgan fingerprint density at radius 3 is 2.71 bits per heavy atom. The maximum Gasteiger partial charge on any atom is 0.127 e. The highest BCUT2D eigenvalue weighted by Gasteiger charge is 1.99. The Morgan fingerprint density at radius 1 is 1.05 bits per heavy atom. The molecule has 0 aromatic heterocycles. The number of hydrogen-bond donors (Lipinski definition) is 1. The Hall–Kier alpha value is -1.87. The van der Waals surface area contributed by atoms with Gasteiger partial charge in [0.2, 0.25) is 0 Å². The van der Waals surface area contributed by atoms with Crippen LogP contribution in [0.5, 0.6) is 5.75 Å². The Morgan fingerprint density at radius 2 is 1.90 bits per heavy atom. The summed E-state index contributed by atoms with van der Waals surface area (Å²) in [6, 6.07) is 14.9. The van der Waals surface area contributed by atoms with Crippen LogP contribution in [0.4, 0.5) is 4.39 Å². The quantitative estimate of drug-likeness (QED) is 0.739. The first-order chi connectivity index (χ1) is 10.3. The van der Waals surface area contributed by atoms with Crippen molar-refractivity contribution in [1.82, 2.24) is 5.32 Å². The number of nitrogens with one attached hydrogen (secondary N) is 1. The normalized spacial score (nSPS) is 10.6. The molecule has 2 rings (SSSR count). The second-order valence-corrected chi connectivity index (χ2v) is 5.14. The highest BCUT2D eigenvalue weighted by atomic mass is 19.1. The van der Waals surface area contributed by atoms with Crippen LogP contribution < -0.4 is 10.1 Å². The van der Waals surface area contributed by atoms with Gasteiger partial charge in [-0.05, 0) is 50.1 Å². The zero-order valence-corrected chi connectivity index (χ0v) is 12.4. The monoisotopic (exact) mass is 287 g/mol. The lowest BCUT2D eigenvalue weighted by Gasteiger charge is -2.08. The summed E-state index contributed by atoms with van der Waals surface area (Å²) in [7, 11) is 0. The molecule has 0 bridgehead atoms. The van der Waals surface area contributed by atoms with E-state index in [9.17, 15) is 4.39 Å². The van der Waals surface area contributed by atoms with Gasteiger partial charge in [-0.3, -0.25) is 0 Å². The lowest BCUT2D eigenvalue weighted by Crippen LogP contribution is -2.16. The highest BCUT2D eigenvalue weighted by Crippen LogP contribution is 2.12. The summed E-state index contributed by atoms with van der Waals surface area (Å²) >= 11 is 0. The standard InChI is InChI=1S/C18H22FNO/c1-15-7-6-9-17(13-15)21-12-5-4-11-20-14-16-8-2-3-10-18(16)19/h2-3,6-10,13,20H,4-5,11-12,14H2,1H3. The fourth-order valence-corrected chi connectivity index (χ4v) is 2.11. The molecule has 0 aliphatic carbocycles. The first-order valence-electron chi connectivity index (χ1n) is 7.39. The van der Waals surface area contributed by atoms with Crippen molar-refractivity contribution >= 4 is 0 Å². The van der Waals surface area contributed by atoms with Gasteiger partial charge in [0.1, 0.15) is 11.6 Å². The van der Waals surface area contributed by atoms with E-state index in [0.717, 1.165) is 25.1 Å². The van der Waals surface area contributed by atoms with E-state index in [4.69, 9.17) is 4.74 Å². The average molecular weight is 287 g/mol. The summed E-state index contributed by atoms with van der Waals surface area (Å²) in [4.78, 5) is 0. The van der Waals surface area contributed by atoms with Crippen molar-refractivity contribution in [3.8, 4) is 5.75 Å². The van der Waals surface area contributed by atoms with Crippen LogP contribution >= 0.6 is 0 Å². The minimum Gasteiger partial charge on any atom is -0.494 e. The molecule has 112 valence electrons. The lowest BCUT2D eigenvalue weighted by atomic mass is 10.2. The minimum absolute atomic E-state index is 0.146. The summed E-state index contributed by atoms with van der Waals surface area (Å²) < 4.78 is 19.1. The van der Waals surface area contributed by atoms with Crippen LogP contribution in [0.2, 0.25) is 0 Å². The fourth-order valence-electron chi connectivity index (χ4n) is 2.11. The smallest absolute Gasteiger partial charge is 0.127 e. The van der Waals surface area contributed by atoms with Crippen molar-refractivity contribution in [3.63, 3.8) is 0 Å². The predicted octanol–water partition coefficient (Wildman–Crippen LogP) is 4.08. The van der Waals surface area contributed by atoms with Crippen LogP contribution in [-0.4, -0.2) is 13.2 Å². The molecule has 0 spiro atoms. The van der Waals surface area contributed by atoms with Gasteiger partial charge in [0, 0.05) is 12.1 Å². The van der Waals surface area contributed by atoms with Crippen LogP contribution in [0.1, 0.15) is 24.0 Å². The molecule has 3 heteroatoms. The summed E-state index contributed by atoms with van der Waals surface area (Å²) in [6.07, 6.45) is 2.00. The van der Waals surface area contributed by atoms with Gasteiger partial charge in [-0.1, -0.05) is 30.3 Å². The molecule has 0 heterocycles. The van der Waals surface area contributed by atoms with Gasteiger partial charge in [0.05, 0.1) is 6.61 Å². The second kappa shape index (κ2) is 8.42. The molecule has 0 unspecified atom stereocenters. The van der Waals surface area contributed by atoms with Gasteiger partial charge in [0.15, 0.2) is 0 Å². The molecule has 0 atom stereocenters. The third-order valence-corrected chi connectivity index (χ3v) is 3.28. The largest absolute Gasteiger partial charge is 0.494 e. The van der Waals surface area contributed by atoms with Gasteiger partial charge in [-0.25, -0.2) is 4.39 Å². The van der Waals surface area contributed by atoms with Gasteiger partial charge < -0.3 is 10.1 Å². The van der Waals surface area contributed by atoms with Crippen molar-refractivity contribution in [3.05, 3.63) is 65.5 Å².